The number of hydrogen-bond acceptors (Lipinski definition) is 9. The van der Waals surface area contributed by atoms with Crippen LogP contribution in [0.2, 0.25) is 0 Å². The molecule has 3 aliphatic rings. The second-order valence-corrected chi connectivity index (χ2v) is 8.05. The Morgan fingerprint density at radius 1 is 1.32 bits per heavy atom. The van der Waals surface area contributed by atoms with E-state index < -0.39 is 35.7 Å². The molecule has 168 valence electrons. The van der Waals surface area contributed by atoms with Crippen molar-refractivity contribution in [3.63, 3.8) is 0 Å². The first-order chi connectivity index (χ1) is 15.0. The summed E-state index contributed by atoms with van der Waals surface area (Å²) in [5, 5.41) is 25.0. The lowest BCUT2D eigenvalue weighted by molar-refractivity contribution is -0.0264. The number of aliphatic hydroxyl groups is 2. The fourth-order valence-corrected chi connectivity index (χ4v) is 4.49. The van der Waals surface area contributed by atoms with E-state index in [-0.39, 0.29) is 31.8 Å². The fourth-order valence-electron chi connectivity index (χ4n) is 4.49. The van der Waals surface area contributed by atoms with E-state index >= 15 is 0 Å². The highest BCUT2D eigenvalue weighted by atomic mass is 16.6. The van der Waals surface area contributed by atoms with E-state index in [1.54, 1.807) is 18.4 Å². The van der Waals surface area contributed by atoms with Crippen LogP contribution in [0, 0.1) is 5.92 Å². The molecule has 0 aromatic carbocycles. The van der Waals surface area contributed by atoms with Crippen LogP contribution >= 0.6 is 0 Å². The van der Waals surface area contributed by atoms with Gasteiger partial charge in [-0.05, 0) is 18.6 Å². The number of epoxide rings is 1. The van der Waals surface area contributed by atoms with Gasteiger partial charge in [-0.2, -0.15) is 0 Å². The number of hydrogen-bond donors (Lipinski definition) is 2. The van der Waals surface area contributed by atoms with Crippen LogP contribution in [0.25, 0.3) is 0 Å². The van der Waals surface area contributed by atoms with Crippen LogP contribution in [0.4, 0.5) is 0 Å². The molecule has 2 aromatic rings. The molecule has 4 heterocycles. The molecule has 1 aliphatic carbocycles. The van der Waals surface area contributed by atoms with Gasteiger partial charge in [0.2, 0.25) is 0 Å². The summed E-state index contributed by atoms with van der Waals surface area (Å²) in [4.78, 5) is 30.2. The van der Waals surface area contributed by atoms with E-state index in [0.29, 0.717) is 24.4 Å². The molecule has 2 aliphatic heterocycles. The lowest BCUT2D eigenvalue weighted by Crippen LogP contribution is -2.53. The monoisotopic (exact) mass is 436 g/mol. The quantitative estimate of drug-likeness (QED) is 0.398. The smallest absolute Gasteiger partial charge is 0.347 e. The van der Waals surface area contributed by atoms with Crippen molar-refractivity contribution in [2.24, 2.45) is 18.1 Å². The van der Waals surface area contributed by atoms with E-state index in [0.717, 1.165) is 4.57 Å². The molecular weight excluding hydrogens is 412 g/mol. The van der Waals surface area contributed by atoms with Crippen molar-refractivity contribution in [3.05, 3.63) is 45.1 Å². The van der Waals surface area contributed by atoms with Crippen molar-refractivity contribution in [1.82, 2.24) is 13.9 Å². The molecule has 12 heteroatoms. The first-order valence-corrected chi connectivity index (χ1v) is 10.2. The summed E-state index contributed by atoms with van der Waals surface area (Å²) in [7, 11) is 1.41. The topological polar surface area (TPSA) is 146 Å². The van der Waals surface area contributed by atoms with Gasteiger partial charge in [-0.3, -0.25) is 0 Å². The predicted octanol–water partition coefficient (Wildman–Crippen LogP) is -1.41. The predicted molar refractivity (Wildman–Crippen MR) is 104 cm³/mol. The van der Waals surface area contributed by atoms with Crippen LogP contribution in [0.3, 0.4) is 0 Å². The summed E-state index contributed by atoms with van der Waals surface area (Å²) in [6.45, 7) is 0.521. The summed E-state index contributed by atoms with van der Waals surface area (Å²) >= 11 is 0. The van der Waals surface area contributed by atoms with Gasteiger partial charge in [-0.25, -0.2) is 23.5 Å². The van der Waals surface area contributed by atoms with Gasteiger partial charge in [0, 0.05) is 19.5 Å². The molecule has 12 nitrogen and oxygen atoms in total. The number of aromatic nitrogens is 3. The van der Waals surface area contributed by atoms with Crippen molar-refractivity contribution in [1.29, 1.82) is 0 Å². The minimum atomic E-state index is -0.930. The highest BCUT2D eigenvalue weighted by Gasteiger charge is 2.61. The summed E-state index contributed by atoms with van der Waals surface area (Å²) in [6, 6.07) is 2.86. The molecule has 0 radical (unpaired) electrons. The van der Waals surface area contributed by atoms with E-state index in [1.165, 1.54) is 16.4 Å². The molecule has 0 bridgehead atoms. The van der Waals surface area contributed by atoms with E-state index in [9.17, 15) is 19.8 Å². The normalized spacial score (nSPS) is 31.1. The van der Waals surface area contributed by atoms with Crippen molar-refractivity contribution in [2.75, 3.05) is 13.2 Å². The van der Waals surface area contributed by atoms with Crippen molar-refractivity contribution in [3.8, 4) is 0 Å². The largest absolute Gasteiger partial charge is 0.467 e. The Kier molecular flexibility index (Phi) is 5.08. The molecule has 1 saturated heterocycles. The Bertz CT molecular complexity index is 1080. The maximum atomic E-state index is 12.6. The summed E-state index contributed by atoms with van der Waals surface area (Å²) in [5.74, 6) is 0.342. The van der Waals surface area contributed by atoms with Gasteiger partial charge < -0.3 is 28.9 Å². The zero-order valence-corrected chi connectivity index (χ0v) is 16.9. The SMILES string of the molecule is Cn1c(=O)n2n(c1=O)[C@H]1[C@H](O)[C@@H]3O[C@@H]3/C(=N\OC[C@@H](O)COCc3ccco3)[C@H]1CC2. The zero-order valence-electron chi connectivity index (χ0n) is 16.9. The van der Waals surface area contributed by atoms with Gasteiger partial charge in [0.15, 0.2) is 0 Å². The average Bonchev–Trinajstić information content (AvgIpc) is 3.34. The third-order valence-electron chi connectivity index (χ3n) is 6.05. The molecule has 1 saturated carbocycles. The Labute approximate surface area is 175 Å². The molecule has 0 spiro atoms. The molecule has 0 unspecified atom stereocenters. The van der Waals surface area contributed by atoms with E-state index in [1.807, 2.05) is 0 Å². The first kappa shape index (κ1) is 20.2. The summed E-state index contributed by atoms with van der Waals surface area (Å²) < 4.78 is 19.8. The minimum Gasteiger partial charge on any atom is -0.467 e. The van der Waals surface area contributed by atoms with Gasteiger partial charge in [0.1, 0.15) is 43.4 Å². The molecule has 2 aromatic heterocycles. The maximum absolute atomic E-state index is 12.6. The molecule has 2 fully saturated rings. The second kappa shape index (κ2) is 7.79. The lowest BCUT2D eigenvalue weighted by Gasteiger charge is -2.38. The number of oxime groups is 1. The highest BCUT2D eigenvalue weighted by molar-refractivity contribution is 5.94. The van der Waals surface area contributed by atoms with Crippen LogP contribution in [0.15, 0.2) is 37.6 Å². The number of aliphatic hydroxyl groups excluding tert-OH is 2. The molecule has 0 amide bonds. The van der Waals surface area contributed by atoms with Crippen molar-refractivity contribution >= 4 is 5.71 Å². The average molecular weight is 436 g/mol. The fraction of sp³-hybridized carbons (Fsp3) is 0.632. The number of ether oxygens (including phenoxy) is 2. The van der Waals surface area contributed by atoms with Gasteiger partial charge in [0.25, 0.3) is 0 Å². The Morgan fingerprint density at radius 3 is 2.94 bits per heavy atom. The van der Waals surface area contributed by atoms with Crippen LogP contribution in [0.1, 0.15) is 18.2 Å². The molecular formula is C19H24N4O8. The van der Waals surface area contributed by atoms with Crippen LogP contribution in [-0.4, -0.2) is 67.5 Å². The third-order valence-corrected chi connectivity index (χ3v) is 6.05. The van der Waals surface area contributed by atoms with Crippen LogP contribution < -0.4 is 11.4 Å². The third kappa shape index (κ3) is 3.45. The number of rotatable bonds is 7. The molecule has 31 heavy (non-hydrogen) atoms. The number of nitrogens with zero attached hydrogens (tertiary/aromatic N) is 4. The summed E-state index contributed by atoms with van der Waals surface area (Å²) in [5.41, 5.74) is -0.317. The number of fused-ring (bicyclic) bond motifs is 4. The van der Waals surface area contributed by atoms with Gasteiger partial charge in [0.05, 0.1) is 24.6 Å². The highest BCUT2D eigenvalue weighted by Crippen LogP contribution is 2.46. The Morgan fingerprint density at radius 2 is 2.16 bits per heavy atom. The zero-order chi connectivity index (χ0) is 21.7. The standard InChI is InChI=1S/C19H24N4O8/c1-21-18(26)22-5-4-12-13(16-17(31-16)15(25)14(12)23(22)19(21)27)20-30-8-10(24)7-28-9-11-3-2-6-29-11/h2-3,6,10,12,14-17,24-25H,4-5,7-9H2,1H3/b20-13-/t10-,12+,14+,15-,16+,17-/m0/s1. The molecule has 5 rings (SSSR count). The lowest BCUT2D eigenvalue weighted by atomic mass is 9.78. The van der Waals surface area contributed by atoms with Gasteiger partial charge >= 0.3 is 11.4 Å². The van der Waals surface area contributed by atoms with Crippen LogP contribution in [-0.2, 0) is 34.5 Å². The second-order valence-electron chi connectivity index (χ2n) is 8.05. The first-order valence-electron chi connectivity index (χ1n) is 10.2. The number of furan rings is 1. The minimum absolute atomic E-state index is 0.0462. The van der Waals surface area contributed by atoms with E-state index in [2.05, 4.69) is 5.16 Å². The molecule has 6 atom stereocenters. The van der Waals surface area contributed by atoms with Crippen molar-refractivity contribution < 1.29 is 28.9 Å². The van der Waals surface area contributed by atoms with Crippen LogP contribution in [0.5, 0.6) is 0 Å². The Balaban J connectivity index is 1.26. The van der Waals surface area contributed by atoms with Gasteiger partial charge in [-0.15, -0.1) is 0 Å². The Hall–Kier alpha value is -2.67. The van der Waals surface area contributed by atoms with E-state index in [4.69, 9.17) is 18.7 Å². The molecule has 2 N–H and O–H groups in total. The van der Waals surface area contributed by atoms with Gasteiger partial charge in [-0.1, -0.05) is 5.16 Å². The maximum Gasteiger partial charge on any atom is 0.347 e. The summed E-state index contributed by atoms with van der Waals surface area (Å²) in [6.07, 6.45) is -0.659. The van der Waals surface area contributed by atoms with Crippen molar-refractivity contribution in [2.45, 2.75) is 50.0 Å².